The molecular formula is C4H7NO2. The predicted octanol–water partition coefficient (Wildman–Crippen LogP) is -0.869. The zero-order valence-corrected chi connectivity index (χ0v) is 4.10. The summed E-state index contributed by atoms with van der Waals surface area (Å²) in [5, 5.41) is 2.55. The van der Waals surface area contributed by atoms with Crippen molar-refractivity contribution in [1.29, 1.82) is 0 Å². The molecule has 1 saturated heterocycles. The molecule has 1 atom stereocenters. The lowest BCUT2D eigenvalue weighted by Crippen LogP contribution is -2.54. The lowest BCUT2D eigenvalue weighted by atomic mass is 10.2. The smallest absolute Gasteiger partial charge is 0.251 e. The molecule has 0 aromatic carbocycles. The molecule has 0 bridgehead atoms. The lowest BCUT2D eigenvalue weighted by molar-refractivity contribution is -0.139. The zero-order valence-electron chi connectivity index (χ0n) is 4.10. The Labute approximate surface area is 41.7 Å². The van der Waals surface area contributed by atoms with Crippen molar-refractivity contribution >= 4 is 5.91 Å². The molecule has 1 aliphatic rings. The Kier molecular flexibility index (Phi) is 0.982. The van der Waals surface area contributed by atoms with Gasteiger partial charge in [0.05, 0.1) is 6.54 Å². The van der Waals surface area contributed by atoms with E-state index in [1.807, 2.05) is 0 Å². The number of methoxy groups -OCH3 is 1. The minimum atomic E-state index is -0.167. The first-order chi connectivity index (χ1) is 3.34. The van der Waals surface area contributed by atoms with Crippen molar-refractivity contribution in [2.24, 2.45) is 0 Å². The molecule has 3 nitrogen and oxygen atoms in total. The van der Waals surface area contributed by atoms with Gasteiger partial charge in [0.2, 0.25) is 0 Å². The third-order valence-corrected chi connectivity index (χ3v) is 1.04. The van der Waals surface area contributed by atoms with Gasteiger partial charge in [-0.1, -0.05) is 0 Å². The molecule has 40 valence electrons. The standard InChI is InChI=1S/C4H7NO2/c1-7-3-2-5-4(3)6/h3H,2H2,1H3,(H,5,6)/t3-/m1/s1. The molecule has 7 heavy (non-hydrogen) atoms. The Balaban J connectivity index is 2.29. The fraction of sp³-hybridized carbons (Fsp3) is 0.750. The van der Waals surface area contributed by atoms with Gasteiger partial charge >= 0.3 is 0 Å². The van der Waals surface area contributed by atoms with Crippen molar-refractivity contribution in [3.05, 3.63) is 0 Å². The second-order valence-corrected chi connectivity index (χ2v) is 1.47. The van der Waals surface area contributed by atoms with Gasteiger partial charge < -0.3 is 10.1 Å². The number of amides is 1. The van der Waals surface area contributed by atoms with Crippen LogP contribution in [-0.2, 0) is 9.53 Å². The highest BCUT2D eigenvalue weighted by Crippen LogP contribution is 1.96. The average molecular weight is 101 g/mol. The van der Waals surface area contributed by atoms with Crippen LogP contribution in [0, 0.1) is 0 Å². The van der Waals surface area contributed by atoms with Gasteiger partial charge in [-0.3, -0.25) is 4.79 Å². The van der Waals surface area contributed by atoms with Crippen LogP contribution < -0.4 is 5.32 Å². The van der Waals surface area contributed by atoms with Crippen LogP contribution in [0.15, 0.2) is 0 Å². The number of carbonyl (C=O) groups excluding carboxylic acids is 1. The topological polar surface area (TPSA) is 38.3 Å². The van der Waals surface area contributed by atoms with Gasteiger partial charge in [0, 0.05) is 7.11 Å². The molecule has 1 aliphatic heterocycles. The Morgan fingerprint density at radius 3 is 2.71 bits per heavy atom. The molecule has 1 amide bonds. The van der Waals surface area contributed by atoms with Gasteiger partial charge in [-0.05, 0) is 0 Å². The summed E-state index contributed by atoms with van der Waals surface area (Å²) >= 11 is 0. The Hall–Kier alpha value is -0.570. The van der Waals surface area contributed by atoms with E-state index in [1.165, 1.54) is 7.11 Å². The number of ether oxygens (including phenoxy) is 1. The molecular weight excluding hydrogens is 94.0 g/mol. The van der Waals surface area contributed by atoms with Gasteiger partial charge in [0.25, 0.3) is 5.91 Å². The maximum absolute atomic E-state index is 10.2. The van der Waals surface area contributed by atoms with Crippen LogP contribution in [0.4, 0.5) is 0 Å². The molecule has 0 aromatic rings. The first-order valence-corrected chi connectivity index (χ1v) is 2.15. The minimum Gasteiger partial charge on any atom is -0.370 e. The van der Waals surface area contributed by atoms with Gasteiger partial charge in [-0.25, -0.2) is 0 Å². The van der Waals surface area contributed by atoms with E-state index in [4.69, 9.17) is 0 Å². The Bertz CT molecular complexity index is 89.7. The van der Waals surface area contributed by atoms with Crippen molar-refractivity contribution in [1.82, 2.24) is 5.32 Å². The third kappa shape index (κ3) is 0.587. The summed E-state index contributed by atoms with van der Waals surface area (Å²) in [5.74, 6) is 0.00231. The molecule has 0 radical (unpaired) electrons. The molecule has 1 fully saturated rings. The number of nitrogens with one attached hydrogen (secondary N) is 1. The highest BCUT2D eigenvalue weighted by atomic mass is 16.5. The van der Waals surface area contributed by atoms with E-state index in [0.29, 0.717) is 6.54 Å². The van der Waals surface area contributed by atoms with Gasteiger partial charge in [-0.2, -0.15) is 0 Å². The fourth-order valence-corrected chi connectivity index (χ4v) is 0.459. The van der Waals surface area contributed by atoms with Crippen LogP contribution in [-0.4, -0.2) is 25.7 Å². The molecule has 1 N–H and O–H groups in total. The maximum Gasteiger partial charge on any atom is 0.251 e. The molecule has 1 heterocycles. The van der Waals surface area contributed by atoms with Gasteiger partial charge in [0.15, 0.2) is 6.10 Å². The monoisotopic (exact) mass is 101 g/mol. The molecule has 3 heteroatoms. The predicted molar refractivity (Wildman–Crippen MR) is 23.8 cm³/mol. The second kappa shape index (κ2) is 1.50. The van der Waals surface area contributed by atoms with Crippen molar-refractivity contribution < 1.29 is 9.53 Å². The second-order valence-electron chi connectivity index (χ2n) is 1.47. The van der Waals surface area contributed by atoms with Gasteiger partial charge in [0.1, 0.15) is 0 Å². The zero-order chi connectivity index (χ0) is 5.28. The van der Waals surface area contributed by atoms with E-state index in [0.717, 1.165) is 0 Å². The van der Waals surface area contributed by atoms with Crippen LogP contribution in [0.25, 0.3) is 0 Å². The fourth-order valence-electron chi connectivity index (χ4n) is 0.459. The van der Waals surface area contributed by atoms with E-state index in [2.05, 4.69) is 10.1 Å². The third-order valence-electron chi connectivity index (χ3n) is 1.04. The quantitative estimate of drug-likeness (QED) is 0.436. The minimum absolute atomic E-state index is 0.00231. The number of carbonyl (C=O) groups is 1. The van der Waals surface area contributed by atoms with E-state index in [-0.39, 0.29) is 12.0 Å². The van der Waals surface area contributed by atoms with E-state index < -0.39 is 0 Å². The maximum atomic E-state index is 10.2. The molecule has 0 aromatic heterocycles. The number of β-lactam (4-membered cyclic amide) rings is 1. The first kappa shape index (κ1) is 4.59. The molecule has 0 unspecified atom stereocenters. The largest absolute Gasteiger partial charge is 0.370 e. The summed E-state index contributed by atoms with van der Waals surface area (Å²) in [6, 6.07) is 0. The van der Waals surface area contributed by atoms with Crippen LogP contribution >= 0.6 is 0 Å². The van der Waals surface area contributed by atoms with E-state index in [9.17, 15) is 4.79 Å². The highest BCUT2D eigenvalue weighted by molar-refractivity contribution is 5.86. The lowest BCUT2D eigenvalue weighted by Gasteiger charge is -2.23. The van der Waals surface area contributed by atoms with Crippen LogP contribution in [0.3, 0.4) is 0 Å². The summed E-state index contributed by atoms with van der Waals surface area (Å²) in [6.45, 7) is 0.676. The van der Waals surface area contributed by atoms with E-state index in [1.54, 1.807) is 0 Å². The number of hydrogen-bond acceptors (Lipinski definition) is 2. The Morgan fingerprint density at radius 2 is 2.71 bits per heavy atom. The summed E-state index contributed by atoms with van der Waals surface area (Å²) < 4.78 is 4.69. The molecule has 0 saturated carbocycles. The highest BCUT2D eigenvalue weighted by Gasteiger charge is 2.26. The average Bonchev–Trinajstić information content (AvgIpc) is 1.65. The Morgan fingerprint density at radius 1 is 2.00 bits per heavy atom. The molecule has 0 spiro atoms. The van der Waals surface area contributed by atoms with Crippen molar-refractivity contribution in [3.63, 3.8) is 0 Å². The van der Waals surface area contributed by atoms with Gasteiger partial charge in [-0.15, -0.1) is 0 Å². The number of rotatable bonds is 1. The normalized spacial score (nSPS) is 28.7. The summed E-state index contributed by atoms with van der Waals surface area (Å²) in [4.78, 5) is 10.2. The molecule has 1 rings (SSSR count). The number of hydrogen-bond donors (Lipinski definition) is 1. The molecule has 0 aliphatic carbocycles. The van der Waals surface area contributed by atoms with Crippen molar-refractivity contribution in [3.8, 4) is 0 Å². The summed E-state index contributed by atoms with van der Waals surface area (Å²) in [6.07, 6.45) is -0.167. The van der Waals surface area contributed by atoms with Crippen LogP contribution in [0.2, 0.25) is 0 Å². The summed E-state index contributed by atoms with van der Waals surface area (Å²) in [7, 11) is 1.53. The van der Waals surface area contributed by atoms with E-state index >= 15 is 0 Å². The first-order valence-electron chi connectivity index (χ1n) is 2.15. The van der Waals surface area contributed by atoms with Crippen LogP contribution in [0.5, 0.6) is 0 Å². The summed E-state index contributed by atoms with van der Waals surface area (Å²) in [5.41, 5.74) is 0. The SMILES string of the molecule is CO[C@@H]1CNC1=O. The van der Waals surface area contributed by atoms with Crippen molar-refractivity contribution in [2.45, 2.75) is 6.10 Å². The van der Waals surface area contributed by atoms with Crippen LogP contribution in [0.1, 0.15) is 0 Å². The van der Waals surface area contributed by atoms with Crippen molar-refractivity contribution in [2.75, 3.05) is 13.7 Å².